The average Bonchev–Trinajstić information content (AvgIpc) is 2.74. The summed E-state index contributed by atoms with van der Waals surface area (Å²) in [6.07, 6.45) is 0. The Kier molecular flexibility index (Phi) is 2.28. The summed E-state index contributed by atoms with van der Waals surface area (Å²) in [5, 5.41) is 5.54. The molecule has 0 radical (unpaired) electrons. The molecule has 0 aromatic carbocycles. The van der Waals surface area contributed by atoms with Crippen LogP contribution in [-0.2, 0) is 10.0 Å². The Bertz CT molecular complexity index is 569. The van der Waals surface area contributed by atoms with E-state index in [1.807, 2.05) is 0 Å². The van der Waals surface area contributed by atoms with Crippen molar-refractivity contribution < 1.29 is 8.42 Å². The molecular formula is C8H9N3O2S2. The zero-order valence-electron chi connectivity index (χ0n) is 7.91. The van der Waals surface area contributed by atoms with E-state index in [1.54, 1.807) is 18.4 Å². The van der Waals surface area contributed by atoms with Gasteiger partial charge >= 0.3 is 0 Å². The van der Waals surface area contributed by atoms with E-state index in [9.17, 15) is 8.42 Å². The van der Waals surface area contributed by atoms with Gasteiger partial charge in [0.25, 0.3) is 10.0 Å². The van der Waals surface area contributed by atoms with E-state index in [0.29, 0.717) is 5.69 Å². The van der Waals surface area contributed by atoms with Gasteiger partial charge in [0.15, 0.2) is 0 Å². The number of nitrogens with two attached hydrogens (primary N) is 1. The molecule has 0 fully saturated rings. The van der Waals surface area contributed by atoms with Gasteiger partial charge in [-0.25, -0.2) is 0 Å². The number of thiophene rings is 1. The Balaban J connectivity index is 2.61. The molecule has 2 N–H and O–H groups in total. The zero-order chi connectivity index (χ0) is 11.1. The minimum absolute atomic E-state index is 0.126. The normalized spacial score (nSPS) is 11.8. The molecule has 2 aromatic rings. The largest absolute Gasteiger partial charge is 0.383 e. The molecule has 0 aliphatic heterocycles. The molecule has 2 aromatic heterocycles. The Morgan fingerprint density at radius 2 is 2.27 bits per heavy atom. The lowest BCUT2D eigenvalue weighted by atomic mass is 10.5. The lowest BCUT2D eigenvalue weighted by Gasteiger charge is -2.02. The first kappa shape index (κ1) is 10.2. The monoisotopic (exact) mass is 243 g/mol. The summed E-state index contributed by atoms with van der Waals surface area (Å²) in [5.41, 5.74) is 6.14. The predicted octanol–water partition coefficient (Wildman–Crippen LogP) is 1.07. The number of aryl methyl sites for hydroxylation is 1. The second-order valence-corrected chi connectivity index (χ2v) is 5.93. The summed E-state index contributed by atoms with van der Waals surface area (Å²) in [5.74, 6) is 0.126. The van der Waals surface area contributed by atoms with Crippen LogP contribution >= 0.6 is 11.3 Å². The molecule has 15 heavy (non-hydrogen) atoms. The highest BCUT2D eigenvalue weighted by Crippen LogP contribution is 2.21. The molecule has 5 nitrogen and oxygen atoms in total. The molecule has 0 saturated heterocycles. The molecule has 0 aliphatic carbocycles. The van der Waals surface area contributed by atoms with Gasteiger partial charge < -0.3 is 5.73 Å². The Labute approximate surface area is 91.2 Å². The third kappa shape index (κ3) is 1.64. The lowest BCUT2D eigenvalue weighted by molar-refractivity contribution is 0.583. The number of aromatic nitrogens is 2. The van der Waals surface area contributed by atoms with Gasteiger partial charge in [-0.2, -0.15) is 13.5 Å². The van der Waals surface area contributed by atoms with Crippen molar-refractivity contribution in [3.05, 3.63) is 29.3 Å². The van der Waals surface area contributed by atoms with E-state index in [-0.39, 0.29) is 10.0 Å². The first-order valence-corrected chi connectivity index (χ1v) is 6.45. The van der Waals surface area contributed by atoms with Crippen LogP contribution in [0.2, 0.25) is 0 Å². The molecular weight excluding hydrogens is 234 g/mol. The van der Waals surface area contributed by atoms with Crippen LogP contribution in [0.3, 0.4) is 0 Å². The molecule has 0 aliphatic rings. The highest BCUT2D eigenvalue weighted by molar-refractivity contribution is 7.92. The van der Waals surface area contributed by atoms with Crippen molar-refractivity contribution in [1.29, 1.82) is 0 Å². The molecule has 2 rings (SSSR count). The summed E-state index contributed by atoms with van der Waals surface area (Å²) in [4.78, 5) is 0. The molecule has 0 spiro atoms. The fourth-order valence-electron chi connectivity index (χ4n) is 1.19. The van der Waals surface area contributed by atoms with Crippen LogP contribution in [-0.4, -0.2) is 17.6 Å². The van der Waals surface area contributed by atoms with E-state index in [1.165, 1.54) is 12.1 Å². The second kappa shape index (κ2) is 3.35. The van der Waals surface area contributed by atoms with Gasteiger partial charge in [-0.05, 0) is 18.4 Å². The van der Waals surface area contributed by atoms with Crippen LogP contribution in [0.15, 0.2) is 27.8 Å². The van der Waals surface area contributed by atoms with Crippen LogP contribution in [0.25, 0.3) is 0 Å². The van der Waals surface area contributed by atoms with Gasteiger partial charge in [0.2, 0.25) is 0 Å². The highest BCUT2D eigenvalue weighted by Gasteiger charge is 2.21. The van der Waals surface area contributed by atoms with Crippen LogP contribution in [0.5, 0.6) is 0 Å². The second-order valence-electron chi connectivity index (χ2n) is 2.99. The maximum Gasteiger partial charge on any atom is 0.294 e. The first-order valence-electron chi connectivity index (χ1n) is 4.13. The number of hydrogen-bond donors (Lipinski definition) is 1. The van der Waals surface area contributed by atoms with Gasteiger partial charge in [0.1, 0.15) is 10.0 Å². The maximum atomic E-state index is 12.0. The summed E-state index contributed by atoms with van der Waals surface area (Å²) in [6.45, 7) is 1.69. The number of anilines is 1. The lowest BCUT2D eigenvalue weighted by Crippen LogP contribution is -2.15. The van der Waals surface area contributed by atoms with E-state index < -0.39 is 10.0 Å². The molecule has 0 atom stereocenters. The van der Waals surface area contributed by atoms with Crippen molar-refractivity contribution in [1.82, 2.24) is 9.19 Å². The maximum absolute atomic E-state index is 12.0. The smallest absolute Gasteiger partial charge is 0.294 e. The average molecular weight is 243 g/mol. The summed E-state index contributed by atoms with van der Waals surface area (Å²) < 4.78 is 25.0. The minimum atomic E-state index is -3.61. The third-order valence-electron chi connectivity index (χ3n) is 1.80. The molecule has 0 unspecified atom stereocenters. The summed E-state index contributed by atoms with van der Waals surface area (Å²) >= 11 is 1.14. The molecule has 2 heterocycles. The number of nitrogens with zero attached hydrogens (tertiary/aromatic N) is 2. The SMILES string of the molecule is Cc1cc(N)n(S(=O)(=O)c2cccs2)n1. The fraction of sp³-hybridized carbons (Fsp3) is 0.125. The first-order chi connectivity index (χ1) is 7.01. The topological polar surface area (TPSA) is 78.0 Å². The molecule has 80 valence electrons. The highest BCUT2D eigenvalue weighted by atomic mass is 32.2. The van der Waals surface area contributed by atoms with Gasteiger partial charge in [-0.1, -0.05) is 6.07 Å². The third-order valence-corrected chi connectivity index (χ3v) is 4.78. The predicted molar refractivity (Wildman–Crippen MR) is 58.3 cm³/mol. The standard InChI is InChI=1S/C8H9N3O2S2/c1-6-5-7(9)11(10-6)15(12,13)8-3-2-4-14-8/h2-5H,9H2,1H3. The van der Waals surface area contributed by atoms with Crippen molar-refractivity contribution in [2.75, 3.05) is 5.73 Å². The number of nitrogen functional groups attached to an aromatic ring is 1. The molecule has 7 heteroatoms. The van der Waals surface area contributed by atoms with Gasteiger partial charge in [-0.15, -0.1) is 15.4 Å². The van der Waals surface area contributed by atoms with Crippen LogP contribution in [0.1, 0.15) is 5.69 Å². The Morgan fingerprint density at radius 3 is 2.73 bits per heavy atom. The number of hydrogen-bond acceptors (Lipinski definition) is 5. The van der Waals surface area contributed by atoms with Crippen molar-refractivity contribution in [2.45, 2.75) is 11.1 Å². The number of rotatable bonds is 2. The van der Waals surface area contributed by atoms with Crippen LogP contribution in [0, 0.1) is 6.92 Å². The quantitative estimate of drug-likeness (QED) is 0.855. The summed E-state index contributed by atoms with van der Waals surface area (Å²) in [7, 11) is -3.61. The van der Waals surface area contributed by atoms with Crippen molar-refractivity contribution >= 4 is 27.2 Å². The summed E-state index contributed by atoms with van der Waals surface area (Å²) in [6, 6.07) is 4.71. The van der Waals surface area contributed by atoms with Crippen LogP contribution < -0.4 is 5.73 Å². The van der Waals surface area contributed by atoms with Gasteiger partial charge in [-0.3, -0.25) is 0 Å². The Hall–Kier alpha value is -1.34. The van der Waals surface area contributed by atoms with E-state index in [2.05, 4.69) is 5.10 Å². The van der Waals surface area contributed by atoms with Gasteiger partial charge in [0, 0.05) is 6.07 Å². The van der Waals surface area contributed by atoms with E-state index in [0.717, 1.165) is 15.4 Å². The molecule has 0 bridgehead atoms. The van der Waals surface area contributed by atoms with Crippen molar-refractivity contribution in [3.63, 3.8) is 0 Å². The Morgan fingerprint density at radius 1 is 1.53 bits per heavy atom. The van der Waals surface area contributed by atoms with Crippen molar-refractivity contribution in [3.8, 4) is 0 Å². The molecule has 0 amide bonds. The van der Waals surface area contributed by atoms with Crippen molar-refractivity contribution in [2.24, 2.45) is 0 Å². The molecule has 0 saturated carbocycles. The van der Waals surface area contributed by atoms with Gasteiger partial charge in [0.05, 0.1) is 5.69 Å². The zero-order valence-corrected chi connectivity index (χ0v) is 9.55. The van der Waals surface area contributed by atoms with E-state index in [4.69, 9.17) is 5.73 Å². The fourth-order valence-corrected chi connectivity index (χ4v) is 3.49. The minimum Gasteiger partial charge on any atom is -0.383 e. The van der Waals surface area contributed by atoms with Crippen LogP contribution in [0.4, 0.5) is 5.82 Å². The van der Waals surface area contributed by atoms with E-state index >= 15 is 0 Å².